The third-order valence-electron chi connectivity index (χ3n) is 2.32. The van der Waals surface area contributed by atoms with Crippen molar-refractivity contribution >= 4 is 11.8 Å². The van der Waals surface area contributed by atoms with E-state index in [1.165, 1.54) is 12.1 Å². The van der Waals surface area contributed by atoms with E-state index in [4.69, 9.17) is 10.5 Å². The minimum atomic E-state index is -0.233. The van der Waals surface area contributed by atoms with Crippen LogP contribution in [0, 0.1) is 11.7 Å². The zero-order chi connectivity index (χ0) is 12.5. The first kappa shape index (κ1) is 14.3. The SMILES string of the molecule is CC(CN)CSCCCOc1ccc(F)cc1. The van der Waals surface area contributed by atoms with Gasteiger partial charge in [-0.05, 0) is 54.7 Å². The van der Waals surface area contributed by atoms with Crippen LogP contribution >= 0.6 is 11.8 Å². The highest BCUT2D eigenvalue weighted by atomic mass is 32.2. The van der Waals surface area contributed by atoms with Gasteiger partial charge in [-0.1, -0.05) is 6.92 Å². The molecule has 0 aliphatic heterocycles. The third kappa shape index (κ3) is 6.54. The zero-order valence-corrected chi connectivity index (χ0v) is 11.0. The highest BCUT2D eigenvalue weighted by Crippen LogP contribution is 2.12. The van der Waals surface area contributed by atoms with Crippen LogP contribution in [0.5, 0.6) is 5.75 Å². The lowest BCUT2D eigenvalue weighted by atomic mass is 10.2. The molecule has 0 saturated carbocycles. The van der Waals surface area contributed by atoms with Crippen molar-refractivity contribution in [2.45, 2.75) is 13.3 Å². The van der Waals surface area contributed by atoms with Crippen molar-refractivity contribution in [1.82, 2.24) is 0 Å². The largest absolute Gasteiger partial charge is 0.494 e. The summed E-state index contributed by atoms with van der Waals surface area (Å²) in [4.78, 5) is 0. The summed E-state index contributed by atoms with van der Waals surface area (Å²) >= 11 is 1.90. The van der Waals surface area contributed by atoms with Gasteiger partial charge in [0, 0.05) is 0 Å². The number of thioether (sulfide) groups is 1. The lowest BCUT2D eigenvalue weighted by Crippen LogP contribution is -2.13. The van der Waals surface area contributed by atoms with Gasteiger partial charge < -0.3 is 10.5 Å². The summed E-state index contributed by atoms with van der Waals surface area (Å²) in [7, 11) is 0. The standard InChI is InChI=1S/C13H20FNOS/c1-11(9-15)10-17-8-2-7-16-13-5-3-12(14)4-6-13/h3-6,11H,2,7-10,15H2,1H3. The Morgan fingerprint density at radius 3 is 2.71 bits per heavy atom. The van der Waals surface area contributed by atoms with Gasteiger partial charge in [-0.3, -0.25) is 0 Å². The second-order valence-electron chi connectivity index (χ2n) is 4.07. The van der Waals surface area contributed by atoms with Crippen molar-refractivity contribution in [3.05, 3.63) is 30.1 Å². The molecule has 2 N–H and O–H groups in total. The second-order valence-corrected chi connectivity index (χ2v) is 5.22. The van der Waals surface area contributed by atoms with Crippen LogP contribution in [-0.4, -0.2) is 24.7 Å². The van der Waals surface area contributed by atoms with Crippen LogP contribution < -0.4 is 10.5 Å². The fraction of sp³-hybridized carbons (Fsp3) is 0.538. The topological polar surface area (TPSA) is 35.2 Å². The van der Waals surface area contributed by atoms with Crippen LogP contribution in [0.4, 0.5) is 4.39 Å². The lowest BCUT2D eigenvalue weighted by Gasteiger charge is -2.08. The number of hydrogen-bond acceptors (Lipinski definition) is 3. The summed E-state index contributed by atoms with van der Waals surface area (Å²) in [6.07, 6.45) is 0.999. The molecule has 0 bridgehead atoms. The number of hydrogen-bond donors (Lipinski definition) is 1. The van der Waals surface area contributed by atoms with E-state index in [1.807, 2.05) is 11.8 Å². The first-order valence-corrected chi connectivity index (χ1v) is 7.04. The molecule has 0 aliphatic carbocycles. The molecule has 0 radical (unpaired) electrons. The van der Waals surface area contributed by atoms with Crippen LogP contribution in [0.1, 0.15) is 13.3 Å². The zero-order valence-electron chi connectivity index (χ0n) is 10.2. The third-order valence-corrected chi connectivity index (χ3v) is 3.70. The molecule has 2 nitrogen and oxygen atoms in total. The first-order chi connectivity index (χ1) is 8.22. The van der Waals surface area contributed by atoms with E-state index in [2.05, 4.69) is 6.92 Å². The quantitative estimate of drug-likeness (QED) is 0.727. The molecule has 0 aromatic heterocycles. The predicted molar refractivity (Wildman–Crippen MR) is 72.1 cm³/mol. The number of benzene rings is 1. The van der Waals surface area contributed by atoms with Gasteiger partial charge in [-0.2, -0.15) is 11.8 Å². The molecule has 1 atom stereocenters. The molecule has 0 fully saturated rings. The number of ether oxygens (including phenoxy) is 1. The maximum absolute atomic E-state index is 12.6. The normalized spacial score (nSPS) is 12.4. The van der Waals surface area contributed by atoms with Crippen molar-refractivity contribution in [3.8, 4) is 5.75 Å². The first-order valence-electron chi connectivity index (χ1n) is 5.88. The van der Waals surface area contributed by atoms with Crippen LogP contribution in [0.15, 0.2) is 24.3 Å². The highest BCUT2D eigenvalue weighted by Gasteiger charge is 1.99. The summed E-state index contributed by atoms with van der Waals surface area (Å²) in [6.45, 7) is 3.58. The van der Waals surface area contributed by atoms with Crippen molar-refractivity contribution in [3.63, 3.8) is 0 Å². The number of halogens is 1. The molecule has 0 spiro atoms. The molecule has 4 heteroatoms. The van der Waals surface area contributed by atoms with Gasteiger partial charge in [0.15, 0.2) is 0 Å². The summed E-state index contributed by atoms with van der Waals surface area (Å²) in [5.41, 5.74) is 5.53. The van der Waals surface area contributed by atoms with Crippen LogP contribution in [0.2, 0.25) is 0 Å². The summed E-state index contributed by atoms with van der Waals surface area (Å²) in [5, 5.41) is 0. The van der Waals surface area contributed by atoms with Gasteiger partial charge in [-0.15, -0.1) is 0 Å². The van der Waals surface area contributed by atoms with E-state index in [0.717, 1.165) is 30.2 Å². The average molecular weight is 257 g/mol. The Kier molecular flexibility index (Phi) is 7.05. The van der Waals surface area contributed by atoms with Gasteiger partial charge in [0.05, 0.1) is 6.61 Å². The van der Waals surface area contributed by atoms with Gasteiger partial charge >= 0.3 is 0 Å². The highest BCUT2D eigenvalue weighted by molar-refractivity contribution is 7.99. The molecule has 0 amide bonds. The molecule has 0 heterocycles. The van der Waals surface area contributed by atoms with Crippen molar-refractivity contribution in [1.29, 1.82) is 0 Å². The fourth-order valence-electron chi connectivity index (χ4n) is 1.23. The maximum atomic E-state index is 12.6. The van der Waals surface area contributed by atoms with Gasteiger partial charge in [0.25, 0.3) is 0 Å². The molecule has 17 heavy (non-hydrogen) atoms. The fourth-order valence-corrected chi connectivity index (χ4v) is 2.26. The predicted octanol–water partition coefficient (Wildman–Crippen LogP) is 2.92. The van der Waals surface area contributed by atoms with Crippen molar-refractivity contribution in [2.24, 2.45) is 11.7 Å². The Hall–Kier alpha value is -0.740. The number of rotatable bonds is 8. The smallest absolute Gasteiger partial charge is 0.123 e. The summed E-state index contributed by atoms with van der Waals surface area (Å²) in [5.74, 6) is 3.26. The minimum Gasteiger partial charge on any atom is -0.494 e. The average Bonchev–Trinajstić information content (AvgIpc) is 2.35. The Bertz CT molecular complexity index is 305. The monoisotopic (exact) mass is 257 g/mol. The molecule has 1 unspecified atom stereocenters. The molecule has 0 saturated heterocycles. The van der Waals surface area contributed by atoms with Crippen LogP contribution in [0.25, 0.3) is 0 Å². The Balaban J connectivity index is 2.02. The van der Waals surface area contributed by atoms with Crippen molar-refractivity contribution < 1.29 is 9.13 Å². The Morgan fingerprint density at radius 1 is 1.35 bits per heavy atom. The summed E-state index contributed by atoms with van der Waals surface area (Å²) < 4.78 is 18.1. The van der Waals surface area contributed by atoms with E-state index in [0.29, 0.717) is 12.5 Å². The molecular formula is C13H20FNOS. The number of nitrogens with two attached hydrogens (primary N) is 1. The maximum Gasteiger partial charge on any atom is 0.123 e. The van der Waals surface area contributed by atoms with E-state index in [9.17, 15) is 4.39 Å². The van der Waals surface area contributed by atoms with Gasteiger partial charge in [-0.25, -0.2) is 4.39 Å². The molecule has 0 aliphatic rings. The van der Waals surface area contributed by atoms with E-state index < -0.39 is 0 Å². The van der Waals surface area contributed by atoms with E-state index in [-0.39, 0.29) is 5.82 Å². The Labute approximate surface area is 107 Å². The van der Waals surface area contributed by atoms with Crippen molar-refractivity contribution in [2.75, 3.05) is 24.7 Å². The lowest BCUT2D eigenvalue weighted by molar-refractivity contribution is 0.318. The molecule has 1 rings (SSSR count). The summed E-state index contributed by atoms with van der Waals surface area (Å²) in [6, 6.07) is 6.12. The molecule has 1 aromatic rings. The molecule has 1 aromatic carbocycles. The molecule has 96 valence electrons. The molecular weight excluding hydrogens is 237 g/mol. The van der Waals surface area contributed by atoms with E-state index in [1.54, 1.807) is 12.1 Å². The van der Waals surface area contributed by atoms with Gasteiger partial charge in [0.1, 0.15) is 11.6 Å². The Morgan fingerprint density at radius 2 is 2.06 bits per heavy atom. The van der Waals surface area contributed by atoms with Crippen LogP contribution in [0.3, 0.4) is 0 Å². The minimum absolute atomic E-state index is 0.233. The van der Waals surface area contributed by atoms with Gasteiger partial charge in [0.2, 0.25) is 0 Å². The van der Waals surface area contributed by atoms with E-state index >= 15 is 0 Å². The van der Waals surface area contributed by atoms with Crippen LogP contribution in [-0.2, 0) is 0 Å². The second kappa shape index (κ2) is 8.37.